The highest BCUT2D eigenvalue weighted by atomic mass is 32.2. The van der Waals surface area contributed by atoms with E-state index >= 15 is 0 Å². The first-order chi connectivity index (χ1) is 13.5. The molecule has 1 fully saturated rings. The third-order valence-electron chi connectivity index (χ3n) is 5.71. The van der Waals surface area contributed by atoms with Crippen molar-refractivity contribution in [3.8, 4) is 0 Å². The minimum Gasteiger partial charge on any atom is -0.367 e. The molecule has 6 nitrogen and oxygen atoms in total. The van der Waals surface area contributed by atoms with E-state index < -0.39 is 9.84 Å². The van der Waals surface area contributed by atoms with E-state index in [9.17, 15) is 13.2 Å². The van der Waals surface area contributed by atoms with Crippen LogP contribution < -0.4 is 4.90 Å². The largest absolute Gasteiger partial charge is 0.367 e. The molecule has 2 aromatic rings. The van der Waals surface area contributed by atoms with Crippen molar-refractivity contribution in [2.75, 3.05) is 29.5 Å². The Hall–Kier alpha value is -2.41. The molecule has 2 aliphatic rings. The van der Waals surface area contributed by atoms with E-state index in [1.54, 1.807) is 12.4 Å². The molecule has 1 unspecified atom stereocenters. The first-order valence-electron chi connectivity index (χ1n) is 9.75. The van der Waals surface area contributed by atoms with Crippen LogP contribution in [0.1, 0.15) is 34.8 Å². The number of sulfone groups is 1. The lowest BCUT2D eigenvalue weighted by atomic mass is 9.99. The van der Waals surface area contributed by atoms with Gasteiger partial charge in [-0.3, -0.25) is 9.78 Å². The first kappa shape index (κ1) is 18.9. The number of hydrogen-bond donors (Lipinski definition) is 0. The van der Waals surface area contributed by atoms with Crippen molar-refractivity contribution >= 4 is 21.4 Å². The number of carbonyl (C=O) groups is 1. The minimum absolute atomic E-state index is 0.0288. The van der Waals surface area contributed by atoms with E-state index in [1.165, 1.54) is 11.1 Å². The molecular weight excluding hydrogens is 374 g/mol. The normalized spacial score (nSPS) is 20.6. The van der Waals surface area contributed by atoms with Crippen LogP contribution in [0.5, 0.6) is 0 Å². The number of amides is 1. The maximum absolute atomic E-state index is 13.1. The standard InChI is InChI=1S/C21H25N3O3S/c1-2-24(19-8-10-28(26,27)15-19)20-11-18(12-22-13-20)21(25)23-9-7-16-5-3-4-6-17(16)14-23/h3-6,11-13,19H,2,7-10,14-15H2,1H3. The highest BCUT2D eigenvalue weighted by Crippen LogP contribution is 2.26. The molecule has 4 rings (SSSR count). The van der Waals surface area contributed by atoms with Gasteiger partial charge in [-0.15, -0.1) is 0 Å². The van der Waals surface area contributed by atoms with Gasteiger partial charge >= 0.3 is 0 Å². The fourth-order valence-corrected chi connectivity index (χ4v) is 5.96. The molecule has 1 aromatic heterocycles. The number of pyridine rings is 1. The maximum atomic E-state index is 13.1. The molecule has 7 heteroatoms. The lowest BCUT2D eigenvalue weighted by Crippen LogP contribution is -2.37. The lowest BCUT2D eigenvalue weighted by molar-refractivity contribution is 0.0734. The number of benzene rings is 1. The summed E-state index contributed by atoms with van der Waals surface area (Å²) < 4.78 is 23.7. The summed E-state index contributed by atoms with van der Waals surface area (Å²) in [5, 5.41) is 0. The summed E-state index contributed by atoms with van der Waals surface area (Å²) >= 11 is 0. The van der Waals surface area contributed by atoms with Crippen LogP contribution in [0.4, 0.5) is 5.69 Å². The Bertz CT molecular complexity index is 990. The van der Waals surface area contributed by atoms with Gasteiger partial charge < -0.3 is 9.80 Å². The van der Waals surface area contributed by atoms with Gasteiger partial charge in [0.15, 0.2) is 9.84 Å². The maximum Gasteiger partial charge on any atom is 0.255 e. The monoisotopic (exact) mass is 399 g/mol. The van der Waals surface area contributed by atoms with E-state index in [-0.39, 0.29) is 23.5 Å². The van der Waals surface area contributed by atoms with Gasteiger partial charge in [-0.2, -0.15) is 0 Å². The second kappa shape index (κ2) is 7.54. The number of aromatic nitrogens is 1. The molecule has 0 spiro atoms. The Labute approximate surface area is 166 Å². The molecule has 0 bridgehead atoms. The predicted molar refractivity (Wildman–Crippen MR) is 109 cm³/mol. The van der Waals surface area contributed by atoms with Crippen molar-refractivity contribution in [3.05, 3.63) is 59.4 Å². The molecular formula is C21H25N3O3S. The smallest absolute Gasteiger partial charge is 0.255 e. The van der Waals surface area contributed by atoms with Gasteiger partial charge in [0.2, 0.25) is 0 Å². The molecule has 1 amide bonds. The number of fused-ring (bicyclic) bond motifs is 1. The van der Waals surface area contributed by atoms with E-state index in [4.69, 9.17) is 0 Å². The predicted octanol–water partition coefficient (Wildman–Crippen LogP) is 2.29. The summed E-state index contributed by atoms with van der Waals surface area (Å²) in [5.41, 5.74) is 3.86. The molecule has 0 N–H and O–H groups in total. The quantitative estimate of drug-likeness (QED) is 0.789. The number of nitrogens with zero attached hydrogens (tertiary/aromatic N) is 3. The molecule has 28 heavy (non-hydrogen) atoms. The van der Waals surface area contributed by atoms with Gasteiger partial charge in [-0.1, -0.05) is 24.3 Å². The van der Waals surface area contributed by atoms with Crippen LogP contribution in [-0.4, -0.2) is 54.8 Å². The third kappa shape index (κ3) is 3.76. The zero-order valence-electron chi connectivity index (χ0n) is 16.0. The number of rotatable bonds is 4. The Kier molecular flexibility index (Phi) is 5.10. The Morgan fingerprint density at radius 1 is 1.25 bits per heavy atom. The second-order valence-electron chi connectivity index (χ2n) is 7.52. The van der Waals surface area contributed by atoms with Gasteiger partial charge in [-0.25, -0.2) is 8.42 Å². The van der Waals surface area contributed by atoms with Gasteiger partial charge in [0.05, 0.1) is 29.0 Å². The first-order valence-corrected chi connectivity index (χ1v) is 11.6. The highest BCUT2D eigenvalue weighted by molar-refractivity contribution is 7.91. The van der Waals surface area contributed by atoms with Gasteiger partial charge in [0.25, 0.3) is 5.91 Å². The summed E-state index contributed by atoms with van der Waals surface area (Å²) in [7, 11) is -2.97. The molecule has 0 saturated carbocycles. The van der Waals surface area contributed by atoms with Crippen LogP contribution in [0.25, 0.3) is 0 Å². The zero-order chi connectivity index (χ0) is 19.7. The topological polar surface area (TPSA) is 70.6 Å². The molecule has 1 atom stereocenters. The summed E-state index contributed by atoms with van der Waals surface area (Å²) in [4.78, 5) is 21.3. The second-order valence-corrected chi connectivity index (χ2v) is 9.75. The minimum atomic E-state index is -2.97. The van der Waals surface area contributed by atoms with E-state index in [1.807, 2.05) is 30.0 Å². The van der Waals surface area contributed by atoms with Gasteiger partial charge in [0, 0.05) is 31.9 Å². The van der Waals surface area contributed by atoms with Crippen molar-refractivity contribution in [1.29, 1.82) is 0 Å². The van der Waals surface area contributed by atoms with Crippen LogP contribution >= 0.6 is 0 Å². The molecule has 148 valence electrons. The molecule has 1 aromatic carbocycles. The van der Waals surface area contributed by atoms with Crippen LogP contribution in [0, 0.1) is 0 Å². The fraction of sp³-hybridized carbons (Fsp3) is 0.429. The number of hydrogen-bond acceptors (Lipinski definition) is 5. The van der Waals surface area contributed by atoms with Crippen molar-refractivity contribution in [2.45, 2.75) is 32.4 Å². The van der Waals surface area contributed by atoms with Crippen LogP contribution in [0.3, 0.4) is 0 Å². The van der Waals surface area contributed by atoms with Crippen molar-refractivity contribution in [2.24, 2.45) is 0 Å². The van der Waals surface area contributed by atoms with Crippen LogP contribution in [0.2, 0.25) is 0 Å². The summed E-state index contributed by atoms with van der Waals surface area (Å²) in [6.45, 7) is 3.98. The van der Waals surface area contributed by atoms with Crippen molar-refractivity contribution in [3.63, 3.8) is 0 Å². The Balaban J connectivity index is 1.54. The number of anilines is 1. The van der Waals surface area contributed by atoms with Crippen LogP contribution in [0.15, 0.2) is 42.7 Å². The zero-order valence-corrected chi connectivity index (χ0v) is 16.9. The molecule has 1 saturated heterocycles. The fourth-order valence-electron chi connectivity index (χ4n) is 4.23. The van der Waals surface area contributed by atoms with Crippen LogP contribution in [-0.2, 0) is 22.8 Å². The average Bonchev–Trinajstić information content (AvgIpc) is 3.07. The van der Waals surface area contributed by atoms with E-state index in [2.05, 4.69) is 22.0 Å². The highest BCUT2D eigenvalue weighted by Gasteiger charge is 2.32. The van der Waals surface area contributed by atoms with E-state index in [0.717, 1.165) is 12.1 Å². The third-order valence-corrected chi connectivity index (χ3v) is 7.46. The Morgan fingerprint density at radius 3 is 2.75 bits per heavy atom. The molecule has 3 heterocycles. The SMILES string of the molecule is CCN(c1cncc(C(=O)N2CCc3ccccc3C2)c1)C1CCS(=O)(=O)C1. The summed E-state index contributed by atoms with van der Waals surface area (Å²) in [6, 6.07) is 10.0. The molecule has 2 aliphatic heterocycles. The average molecular weight is 400 g/mol. The van der Waals surface area contributed by atoms with Crippen molar-refractivity contribution in [1.82, 2.24) is 9.88 Å². The van der Waals surface area contributed by atoms with Gasteiger partial charge in [-0.05, 0) is 37.0 Å². The summed E-state index contributed by atoms with van der Waals surface area (Å²) in [6.07, 6.45) is 4.80. The number of carbonyl (C=O) groups excluding carboxylic acids is 1. The van der Waals surface area contributed by atoms with Crippen molar-refractivity contribution < 1.29 is 13.2 Å². The molecule has 0 radical (unpaired) electrons. The Morgan fingerprint density at radius 2 is 2.04 bits per heavy atom. The molecule has 0 aliphatic carbocycles. The summed E-state index contributed by atoms with van der Waals surface area (Å²) in [5.74, 6) is 0.369. The lowest BCUT2D eigenvalue weighted by Gasteiger charge is -2.31. The van der Waals surface area contributed by atoms with E-state index in [0.29, 0.717) is 31.6 Å². The van der Waals surface area contributed by atoms with Gasteiger partial charge in [0.1, 0.15) is 0 Å².